The third-order valence-corrected chi connectivity index (χ3v) is 4.79. The number of hydrogen-bond acceptors (Lipinski definition) is 2. The van der Waals surface area contributed by atoms with E-state index in [0.29, 0.717) is 0 Å². The van der Waals surface area contributed by atoms with Crippen molar-refractivity contribution in [3.63, 3.8) is 0 Å². The number of halogens is 1. The fourth-order valence-corrected chi connectivity index (χ4v) is 3.21. The molecule has 2 heterocycles. The molecule has 1 aromatic heterocycles. The van der Waals surface area contributed by atoms with Crippen LogP contribution in [0.4, 0.5) is 0 Å². The van der Waals surface area contributed by atoms with Crippen molar-refractivity contribution in [2.75, 3.05) is 26.2 Å². The zero-order valence-corrected chi connectivity index (χ0v) is 15.8. The summed E-state index contributed by atoms with van der Waals surface area (Å²) in [4.78, 5) is 8.65. The molecule has 0 aromatic carbocycles. The van der Waals surface area contributed by atoms with Crippen LogP contribution in [0.3, 0.4) is 0 Å². The molecule has 0 bridgehead atoms. The maximum Gasteiger partial charge on any atom is 0.193 e. The van der Waals surface area contributed by atoms with Gasteiger partial charge in [-0.3, -0.25) is 4.99 Å². The lowest BCUT2D eigenvalue weighted by atomic mass is 9.92. The van der Waals surface area contributed by atoms with E-state index in [0.717, 1.165) is 32.1 Å². The van der Waals surface area contributed by atoms with Gasteiger partial charge in [0.05, 0.1) is 6.54 Å². The Balaban J connectivity index is 0.00000200. The molecule has 1 aliphatic heterocycles. The first kappa shape index (κ1) is 17.8. The number of nitrogens with zero attached hydrogens (tertiary/aromatic N) is 2. The van der Waals surface area contributed by atoms with E-state index in [4.69, 9.17) is 4.99 Å². The van der Waals surface area contributed by atoms with E-state index < -0.39 is 0 Å². The minimum Gasteiger partial charge on any atom is -0.357 e. The summed E-state index contributed by atoms with van der Waals surface area (Å²) in [5.74, 6) is 1.09. The molecule has 114 valence electrons. The lowest BCUT2D eigenvalue weighted by Gasteiger charge is -2.25. The smallest absolute Gasteiger partial charge is 0.193 e. The van der Waals surface area contributed by atoms with E-state index >= 15 is 0 Å². The van der Waals surface area contributed by atoms with E-state index in [1.54, 1.807) is 0 Å². The van der Waals surface area contributed by atoms with Gasteiger partial charge in [0.15, 0.2) is 5.96 Å². The summed E-state index contributed by atoms with van der Waals surface area (Å²) >= 11 is 1.82. The predicted octanol–water partition coefficient (Wildman–Crippen LogP) is 3.71. The normalized spacial score (nSPS) is 16.1. The van der Waals surface area contributed by atoms with E-state index in [-0.39, 0.29) is 29.4 Å². The van der Waals surface area contributed by atoms with Crippen LogP contribution < -0.4 is 5.32 Å². The van der Waals surface area contributed by atoms with Gasteiger partial charge >= 0.3 is 0 Å². The van der Waals surface area contributed by atoms with Crippen LogP contribution in [0.2, 0.25) is 0 Å². The second-order valence-corrected chi connectivity index (χ2v) is 6.67. The van der Waals surface area contributed by atoms with E-state index in [9.17, 15) is 0 Å². The Morgan fingerprint density at radius 2 is 2.10 bits per heavy atom. The molecule has 1 saturated heterocycles. The third kappa shape index (κ3) is 4.62. The van der Waals surface area contributed by atoms with Crippen molar-refractivity contribution in [1.82, 2.24) is 10.2 Å². The fourth-order valence-electron chi connectivity index (χ4n) is 2.37. The summed E-state index contributed by atoms with van der Waals surface area (Å²) in [6.07, 6.45) is 2.58. The van der Waals surface area contributed by atoms with Crippen molar-refractivity contribution < 1.29 is 0 Å². The molecule has 3 nitrogen and oxygen atoms in total. The molecule has 0 saturated carbocycles. The number of aliphatic imine (C=N–C) groups is 1. The Hall–Kier alpha value is -0.300. The zero-order chi connectivity index (χ0) is 13.7. The van der Waals surface area contributed by atoms with Crippen molar-refractivity contribution >= 4 is 41.3 Å². The summed E-state index contributed by atoms with van der Waals surface area (Å²) in [6, 6.07) is 4.33. The molecule has 0 aliphatic carbocycles. The second-order valence-electron chi connectivity index (χ2n) is 5.73. The van der Waals surface area contributed by atoms with Crippen LogP contribution in [-0.4, -0.2) is 37.0 Å². The van der Waals surface area contributed by atoms with Crippen LogP contribution in [0.1, 0.15) is 38.5 Å². The molecular formula is C15H26IN3S. The maximum atomic E-state index is 4.86. The van der Waals surface area contributed by atoms with Gasteiger partial charge < -0.3 is 10.2 Å². The standard InChI is InChI=1S/C15H25N3S.HI/c1-4-16-14(18-9-5-6-10-18)17-12-15(2,3)13-8-7-11-19-13;/h7-8,11H,4-6,9-10,12H2,1-3H3,(H,16,17);1H. The molecule has 1 fully saturated rings. The summed E-state index contributed by atoms with van der Waals surface area (Å²) in [5, 5.41) is 5.57. The van der Waals surface area contributed by atoms with Crippen LogP contribution in [0.15, 0.2) is 22.5 Å². The Labute approximate surface area is 143 Å². The van der Waals surface area contributed by atoms with Gasteiger partial charge in [0.2, 0.25) is 0 Å². The number of hydrogen-bond donors (Lipinski definition) is 1. The molecule has 2 rings (SSSR count). The summed E-state index contributed by atoms with van der Waals surface area (Å²) in [5.41, 5.74) is 0.120. The van der Waals surface area contributed by atoms with E-state index in [2.05, 4.69) is 48.5 Å². The van der Waals surface area contributed by atoms with Gasteiger partial charge in [-0.25, -0.2) is 0 Å². The highest BCUT2D eigenvalue weighted by molar-refractivity contribution is 14.0. The zero-order valence-electron chi connectivity index (χ0n) is 12.7. The van der Waals surface area contributed by atoms with Gasteiger partial charge in [-0.2, -0.15) is 0 Å². The van der Waals surface area contributed by atoms with Crippen LogP contribution in [0, 0.1) is 0 Å². The van der Waals surface area contributed by atoms with Crippen LogP contribution in [0.5, 0.6) is 0 Å². The quantitative estimate of drug-likeness (QED) is 0.468. The van der Waals surface area contributed by atoms with Gasteiger partial charge in [-0.15, -0.1) is 35.3 Å². The molecular weight excluding hydrogens is 381 g/mol. The molecule has 0 radical (unpaired) electrons. The second kappa shape index (κ2) is 8.22. The van der Waals surface area contributed by atoms with Crippen LogP contribution >= 0.6 is 35.3 Å². The number of rotatable bonds is 4. The summed E-state index contributed by atoms with van der Waals surface area (Å²) in [7, 11) is 0. The summed E-state index contributed by atoms with van der Waals surface area (Å²) < 4.78 is 0. The molecule has 0 unspecified atom stereocenters. The molecule has 1 aliphatic rings. The molecule has 20 heavy (non-hydrogen) atoms. The maximum absolute atomic E-state index is 4.86. The molecule has 0 spiro atoms. The first-order valence-electron chi connectivity index (χ1n) is 7.21. The van der Waals surface area contributed by atoms with Gasteiger partial charge in [0.1, 0.15) is 0 Å². The van der Waals surface area contributed by atoms with Gasteiger partial charge in [-0.1, -0.05) is 19.9 Å². The Morgan fingerprint density at radius 3 is 2.65 bits per heavy atom. The lowest BCUT2D eigenvalue weighted by Crippen LogP contribution is -2.40. The van der Waals surface area contributed by atoms with Crippen molar-refractivity contribution in [3.8, 4) is 0 Å². The van der Waals surface area contributed by atoms with Crippen molar-refractivity contribution in [3.05, 3.63) is 22.4 Å². The van der Waals surface area contributed by atoms with E-state index in [1.165, 1.54) is 17.7 Å². The molecule has 1 N–H and O–H groups in total. The highest BCUT2D eigenvalue weighted by Gasteiger charge is 2.23. The van der Waals surface area contributed by atoms with Crippen LogP contribution in [-0.2, 0) is 5.41 Å². The lowest BCUT2D eigenvalue weighted by molar-refractivity contribution is 0.482. The largest absolute Gasteiger partial charge is 0.357 e. The van der Waals surface area contributed by atoms with Gasteiger partial charge in [-0.05, 0) is 31.2 Å². The molecule has 0 amide bonds. The van der Waals surface area contributed by atoms with Crippen molar-refractivity contribution in [2.24, 2.45) is 4.99 Å². The number of likely N-dealkylation sites (tertiary alicyclic amines) is 1. The Morgan fingerprint density at radius 1 is 1.40 bits per heavy atom. The first-order valence-corrected chi connectivity index (χ1v) is 8.08. The average Bonchev–Trinajstić information content (AvgIpc) is 3.05. The first-order chi connectivity index (χ1) is 9.13. The SMILES string of the molecule is CCNC(=NCC(C)(C)c1cccs1)N1CCCC1.I. The fraction of sp³-hybridized carbons (Fsp3) is 0.667. The topological polar surface area (TPSA) is 27.6 Å². The monoisotopic (exact) mass is 407 g/mol. The predicted molar refractivity (Wildman–Crippen MR) is 99.5 cm³/mol. The Bertz CT molecular complexity index is 409. The molecule has 5 heteroatoms. The molecule has 0 atom stereocenters. The van der Waals surface area contributed by atoms with Crippen LogP contribution in [0.25, 0.3) is 0 Å². The molecule has 1 aromatic rings. The average molecular weight is 407 g/mol. The van der Waals surface area contributed by atoms with Crippen molar-refractivity contribution in [1.29, 1.82) is 0 Å². The minimum atomic E-state index is 0. The third-order valence-electron chi connectivity index (χ3n) is 3.55. The number of nitrogens with one attached hydrogen (secondary N) is 1. The number of guanidine groups is 1. The van der Waals surface area contributed by atoms with Crippen molar-refractivity contribution in [2.45, 2.75) is 39.0 Å². The Kier molecular flexibility index (Phi) is 7.29. The minimum absolute atomic E-state index is 0. The highest BCUT2D eigenvalue weighted by atomic mass is 127. The van der Waals surface area contributed by atoms with E-state index in [1.807, 2.05) is 11.3 Å². The number of thiophene rings is 1. The highest BCUT2D eigenvalue weighted by Crippen LogP contribution is 2.27. The summed E-state index contributed by atoms with van der Waals surface area (Å²) in [6.45, 7) is 10.7. The van der Waals surface area contributed by atoms with Gasteiger partial charge in [0.25, 0.3) is 0 Å². The van der Waals surface area contributed by atoms with Gasteiger partial charge in [0, 0.05) is 29.9 Å².